The molecule has 12 aliphatic rings. The van der Waals surface area contributed by atoms with Crippen LogP contribution in [0.5, 0.6) is 17.2 Å². The van der Waals surface area contributed by atoms with Crippen molar-refractivity contribution in [1.82, 2.24) is 0 Å². The Morgan fingerprint density at radius 1 is 0.267 bits per heavy atom. The van der Waals surface area contributed by atoms with Gasteiger partial charge in [0.2, 0.25) is 0 Å². The number of para-hydroxylation sites is 1. The molecular weight excluding hydrogens is 1610 g/mol. The molecule has 12 aliphatic carbocycles. The van der Waals surface area contributed by atoms with Gasteiger partial charge in [0.25, 0.3) is 0 Å². The highest BCUT2D eigenvalue weighted by atomic mass is 16.5. The molecular formula is C122H122O9. The van der Waals surface area contributed by atoms with Crippen LogP contribution in [-0.4, -0.2) is 57.0 Å². The number of benzene rings is 12. The first kappa shape index (κ1) is 87.7. The summed E-state index contributed by atoms with van der Waals surface area (Å²) in [7, 11) is 0. The summed E-state index contributed by atoms with van der Waals surface area (Å²) in [5, 5.41) is 4.71. The molecule has 0 saturated heterocycles. The molecule has 0 amide bonds. The lowest BCUT2D eigenvalue weighted by molar-refractivity contribution is -0.149. The Morgan fingerprint density at radius 2 is 0.634 bits per heavy atom. The molecule has 131 heavy (non-hydrogen) atoms. The number of esters is 3. The summed E-state index contributed by atoms with van der Waals surface area (Å²) < 4.78 is 34.9. The van der Waals surface area contributed by atoms with Gasteiger partial charge < -0.3 is 28.4 Å². The van der Waals surface area contributed by atoms with Crippen LogP contribution >= 0.6 is 0 Å². The molecule has 0 radical (unpaired) electrons. The van der Waals surface area contributed by atoms with Crippen LogP contribution in [0.1, 0.15) is 123 Å². The Kier molecular flexibility index (Phi) is 28.5. The lowest BCUT2D eigenvalue weighted by Crippen LogP contribution is -2.23. The van der Waals surface area contributed by atoms with Crippen molar-refractivity contribution in [1.29, 1.82) is 0 Å². The number of allylic oxidation sites excluding steroid dienone is 11. The fourth-order valence-corrected chi connectivity index (χ4v) is 22.9. The van der Waals surface area contributed by atoms with E-state index in [1.807, 2.05) is 121 Å². The van der Waals surface area contributed by atoms with Gasteiger partial charge in [0.1, 0.15) is 23.4 Å². The van der Waals surface area contributed by atoms with Crippen molar-refractivity contribution in [3.63, 3.8) is 0 Å². The highest BCUT2D eigenvalue weighted by Crippen LogP contribution is 2.50. The highest BCUT2D eigenvalue weighted by molar-refractivity contribution is 5.95. The number of carbonyl (C=O) groups is 3. The van der Waals surface area contributed by atoms with Crippen molar-refractivity contribution in [2.24, 2.45) is 101 Å². The highest BCUT2D eigenvalue weighted by Gasteiger charge is 2.41. The zero-order valence-electron chi connectivity index (χ0n) is 75.2. The largest absolute Gasteiger partial charge is 0.494 e. The predicted octanol–water partition coefficient (Wildman–Crippen LogP) is 28.8. The average molecular weight is 1730 g/mol. The Labute approximate surface area is 774 Å². The zero-order valence-corrected chi connectivity index (χ0v) is 75.2. The number of hydrogen-bond acceptors (Lipinski definition) is 9. The second-order valence-corrected chi connectivity index (χ2v) is 38.6. The first-order chi connectivity index (χ1) is 64.5. The van der Waals surface area contributed by atoms with Gasteiger partial charge in [-0.2, -0.15) is 0 Å². The van der Waals surface area contributed by atoms with E-state index in [4.69, 9.17) is 28.4 Å². The van der Waals surface area contributed by atoms with Crippen LogP contribution in [0, 0.1) is 101 Å². The normalized spacial score (nSPS) is 25.7. The Bertz CT molecular complexity index is 5990. The van der Waals surface area contributed by atoms with Gasteiger partial charge in [-0.25, -0.2) is 9.59 Å². The fraction of sp³-hybridized carbons (Fsp3) is 0.320. The molecule has 0 aliphatic heterocycles. The number of fused-ring (bicyclic) bond motifs is 14. The van der Waals surface area contributed by atoms with Crippen molar-refractivity contribution in [2.75, 3.05) is 33.0 Å². The standard InChI is InChI=1S/2C21H20O2.2C21H22O.C19H18O2.C19H20O/c22-21(23-20-13-16-8-11-19(20)12-16)14-15-6-9-18(10-7-15)17-4-2-1-3-5-17;22-21(23-14-20-13-15-6-7-19(20)12-15)18-10-8-17(9-11-18)16-4-2-1-3-5-16;1-2-6-17(7-3-1)20-8-4-5-9-21(20)22-13-12-19-15-16-10-11-18(19)14-16;1-2-4-17(5-3-1)18-8-10-21(11-9-18)22-13-12-20-15-16-6-7-19(20)14-16;20-19(21-12-18-10-13-5-6-16(18)9-13)17-8-7-14-3-1-2-4-15(14)11-17;1-2-6-18-15(4-1)5-3-7-19(18)20-11-10-17-13-14-8-9-16(17)12-14/h1-11,16,19-20H,12-14H2;1-11,15,19-20H,12-14H2;1-11,16,18-19H,12-15H2;1-11,16,19-20H,12-15H2;1-8,11,13,16,18H,9-10,12H2;1-9,14,16-17H,10-13H2. The van der Waals surface area contributed by atoms with Gasteiger partial charge in [-0.3, -0.25) is 4.79 Å². The molecule has 18 atom stereocenters. The summed E-state index contributed by atoms with van der Waals surface area (Å²) in [6.45, 7) is 3.61. The van der Waals surface area contributed by atoms with Gasteiger partial charge in [0, 0.05) is 16.9 Å². The summed E-state index contributed by atoms with van der Waals surface area (Å²) in [6, 6.07) is 103. The van der Waals surface area contributed by atoms with Crippen molar-refractivity contribution >= 4 is 39.5 Å². The molecule has 0 aromatic heterocycles. The number of ether oxygens (including phenoxy) is 6. The van der Waals surface area contributed by atoms with Crippen molar-refractivity contribution in [2.45, 2.75) is 109 Å². The number of rotatable bonds is 25. The predicted molar refractivity (Wildman–Crippen MR) is 529 cm³/mol. The molecule has 18 unspecified atom stereocenters. The summed E-state index contributed by atoms with van der Waals surface area (Å²) >= 11 is 0. The summed E-state index contributed by atoms with van der Waals surface area (Å²) in [5.74, 6) is 14.9. The number of carbonyl (C=O) groups excluding carboxylic acids is 3. The minimum absolute atomic E-state index is 0.0982. The second-order valence-electron chi connectivity index (χ2n) is 38.6. The molecule has 12 bridgehead atoms. The van der Waals surface area contributed by atoms with Gasteiger partial charge >= 0.3 is 17.9 Å². The Hall–Kier alpha value is -12.6. The van der Waals surface area contributed by atoms with Crippen LogP contribution in [-0.2, 0) is 25.4 Å². The van der Waals surface area contributed by atoms with Crippen molar-refractivity contribution in [3.05, 3.63) is 393 Å². The minimum Gasteiger partial charge on any atom is -0.494 e. The first-order valence-electron chi connectivity index (χ1n) is 48.6. The minimum atomic E-state index is -0.212. The van der Waals surface area contributed by atoms with E-state index in [1.54, 1.807) is 0 Å². The van der Waals surface area contributed by atoms with Gasteiger partial charge in [0.05, 0.1) is 50.6 Å². The van der Waals surface area contributed by atoms with E-state index in [9.17, 15) is 14.4 Å². The molecule has 0 spiro atoms. The molecule has 9 nitrogen and oxygen atoms in total. The van der Waals surface area contributed by atoms with Crippen molar-refractivity contribution < 1.29 is 42.8 Å². The third-order valence-electron chi connectivity index (χ3n) is 30.0. The summed E-state index contributed by atoms with van der Waals surface area (Å²) in [5.41, 5.74) is 11.8. The summed E-state index contributed by atoms with van der Waals surface area (Å²) in [4.78, 5) is 36.6. The van der Waals surface area contributed by atoms with E-state index in [0.717, 1.165) is 137 Å². The molecule has 0 heterocycles. The molecule has 6 saturated carbocycles. The molecule has 24 rings (SSSR count). The Morgan fingerprint density at radius 3 is 1.11 bits per heavy atom. The van der Waals surface area contributed by atoms with E-state index in [0.29, 0.717) is 72.2 Å². The smallest absolute Gasteiger partial charge is 0.338 e. The van der Waals surface area contributed by atoms with Gasteiger partial charge in [-0.1, -0.05) is 328 Å². The van der Waals surface area contributed by atoms with Crippen LogP contribution in [0.15, 0.2) is 376 Å². The SMILES string of the molecule is C1=CC2CC1CC2CCOc1ccc(-c2ccccc2)cc1.C1=CC2CC1CC2CCOc1cccc2ccccc12.C1=CC2CC1CC2CCOc1ccccc1-c1ccccc1.O=C(Cc1ccc(-c2ccccc2)cc1)OC1CC2C=CC1C2.O=C(OCC1CC2C=CC1C2)c1ccc(-c2ccccc2)cc1.O=C(OCC1CC2C=CC1C2)c1ccc2ccccc2c1. The molecule has 12 aromatic carbocycles. The monoisotopic (exact) mass is 1730 g/mol. The van der Waals surface area contributed by atoms with E-state index >= 15 is 0 Å². The topological polar surface area (TPSA) is 107 Å². The maximum Gasteiger partial charge on any atom is 0.338 e. The lowest BCUT2D eigenvalue weighted by Gasteiger charge is -2.19. The van der Waals surface area contributed by atoms with E-state index < -0.39 is 0 Å². The van der Waals surface area contributed by atoms with Crippen LogP contribution in [0.4, 0.5) is 0 Å². The van der Waals surface area contributed by atoms with Crippen molar-refractivity contribution in [3.8, 4) is 61.8 Å². The maximum absolute atomic E-state index is 12.2. The average Bonchev–Trinajstić information content (AvgIpc) is 1.44. The summed E-state index contributed by atoms with van der Waals surface area (Å²) in [6.07, 6.45) is 47.4. The fourth-order valence-electron chi connectivity index (χ4n) is 22.9. The van der Waals surface area contributed by atoms with Crippen LogP contribution in [0.25, 0.3) is 66.1 Å². The second kappa shape index (κ2) is 42.5. The molecule has 664 valence electrons. The van der Waals surface area contributed by atoms with Crippen LogP contribution < -0.4 is 14.2 Å². The number of hydrogen-bond donors (Lipinski definition) is 0. The molecule has 9 heteroatoms. The first-order valence-corrected chi connectivity index (χ1v) is 48.6. The molecule has 0 N–H and O–H groups in total. The molecule has 12 aromatic rings. The van der Waals surface area contributed by atoms with Gasteiger partial charge in [-0.05, 0) is 300 Å². The van der Waals surface area contributed by atoms with Gasteiger partial charge in [0.15, 0.2) is 0 Å². The zero-order chi connectivity index (χ0) is 88.4. The maximum atomic E-state index is 12.2. The van der Waals surface area contributed by atoms with E-state index in [1.165, 1.54) is 128 Å². The third kappa shape index (κ3) is 22.5. The lowest BCUT2D eigenvalue weighted by atomic mass is 9.91. The quantitative estimate of drug-likeness (QED) is 0.0314. The third-order valence-corrected chi connectivity index (χ3v) is 30.0. The van der Waals surface area contributed by atoms with Gasteiger partial charge in [-0.15, -0.1) is 0 Å². The van der Waals surface area contributed by atoms with Crippen LogP contribution in [0.2, 0.25) is 0 Å². The van der Waals surface area contributed by atoms with E-state index in [2.05, 4.69) is 255 Å². The van der Waals surface area contributed by atoms with E-state index in [-0.39, 0.29) is 24.0 Å². The Balaban J connectivity index is 0.000000102. The molecule has 6 fully saturated rings. The van der Waals surface area contributed by atoms with Crippen LogP contribution in [0.3, 0.4) is 0 Å².